The molecule has 2 nitrogen and oxygen atoms in total. The average Bonchev–Trinajstić information content (AvgIpc) is 3.00. The maximum atomic E-state index is 9.93. The van der Waals surface area contributed by atoms with Crippen LogP contribution in [0.25, 0.3) is 0 Å². The van der Waals surface area contributed by atoms with Gasteiger partial charge in [-0.25, -0.2) is 0 Å². The predicted octanol–water partition coefficient (Wildman–Crippen LogP) is 5.48. The van der Waals surface area contributed by atoms with E-state index in [-0.39, 0.29) is 5.41 Å². The van der Waals surface area contributed by atoms with Crippen LogP contribution in [0.3, 0.4) is 0 Å². The third-order valence-electron chi connectivity index (χ3n) is 6.15. The lowest BCUT2D eigenvalue weighted by Crippen LogP contribution is -2.24. The van der Waals surface area contributed by atoms with Crippen LogP contribution in [0, 0.1) is 5.41 Å². The number of hydrogen-bond donors (Lipinski definition) is 2. The zero-order valence-corrected chi connectivity index (χ0v) is 13.8. The molecule has 1 aromatic carbocycles. The van der Waals surface area contributed by atoms with E-state index < -0.39 is 0 Å². The minimum Gasteiger partial charge on any atom is -0.508 e. The van der Waals surface area contributed by atoms with E-state index in [1.807, 2.05) is 24.3 Å². The number of hydrogen-bond acceptors (Lipinski definition) is 2. The third-order valence-corrected chi connectivity index (χ3v) is 6.15. The van der Waals surface area contributed by atoms with Gasteiger partial charge in [0.25, 0.3) is 0 Å². The Morgan fingerprint density at radius 3 is 2.78 bits per heavy atom. The van der Waals surface area contributed by atoms with Crippen molar-refractivity contribution < 1.29 is 10.2 Å². The Kier molecular flexibility index (Phi) is 3.19. The van der Waals surface area contributed by atoms with E-state index in [1.165, 1.54) is 28.7 Å². The fourth-order valence-electron chi connectivity index (χ4n) is 5.05. The molecule has 0 bridgehead atoms. The summed E-state index contributed by atoms with van der Waals surface area (Å²) in [7, 11) is 0. The summed E-state index contributed by atoms with van der Waals surface area (Å²) >= 11 is 0. The van der Waals surface area contributed by atoms with Gasteiger partial charge in [-0.1, -0.05) is 32.4 Å². The standard InChI is InChI=1S/C21H24O2/c1-3-4-20-18-8-7-17(23)10-19(18)13(2)21(20)11-14-5-6-16(22)9-15(14)12-21/h6-11,13,20,22-23H,3-5,12H2,1-2H3. The molecule has 1 spiro atoms. The Balaban J connectivity index is 1.83. The second kappa shape index (κ2) is 5.02. The number of phenolic OH excluding ortho intramolecular Hbond substituents is 1. The molecular formula is C21H24O2. The van der Waals surface area contributed by atoms with E-state index in [9.17, 15) is 10.2 Å². The summed E-state index contributed by atoms with van der Waals surface area (Å²) in [6.07, 6.45) is 10.5. The molecule has 1 aromatic rings. The van der Waals surface area contributed by atoms with Crippen LogP contribution in [0.2, 0.25) is 0 Å². The topological polar surface area (TPSA) is 40.5 Å². The predicted molar refractivity (Wildman–Crippen MR) is 92.7 cm³/mol. The molecule has 23 heavy (non-hydrogen) atoms. The lowest BCUT2D eigenvalue weighted by molar-refractivity contribution is 0.277. The molecule has 0 aliphatic heterocycles. The van der Waals surface area contributed by atoms with E-state index in [0.717, 1.165) is 19.3 Å². The normalized spacial score (nSPS) is 31.5. The highest BCUT2D eigenvalue weighted by Crippen LogP contribution is 2.64. The maximum Gasteiger partial charge on any atom is 0.115 e. The summed E-state index contributed by atoms with van der Waals surface area (Å²) in [5, 5.41) is 19.8. The third kappa shape index (κ3) is 2.00. The van der Waals surface area contributed by atoms with Crippen LogP contribution >= 0.6 is 0 Å². The number of rotatable bonds is 2. The smallest absolute Gasteiger partial charge is 0.115 e. The highest BCUT2D eigenvalue weighted by atomic mass is 16.3. The molecule has 0 fully saturated rings. The van der Waals surface area contributed by atoms with Crippen molar-refractivity contribution in [1.82, 2.24) is 0 Å². The largest absolute Gasteiger partial charge is 0.508 e. The molecule has 0 amide bonds. The molecule has 3 aliphatic rings. The van der Waals surface area contributed by atoms with Crippen molar-refractivity contribution in [2.45, 2.75) is 51.4 Å². The maximum absolute atomic E-state index is 9.93. The highest BCUT2D eigenvalue weighted by molar-refractivity contribution is 5.55. The van der Waals surface area contributed by atoms with Crippen molar-refractivity contribution in [3.63, 3.8) is 0 Å². The Morgan fingerprint density at radius 1 is 1.17 bits per heavy atom. The van der Waals surface area contributed by atoms with Crippen LogP contribution in [0.15, 0.2) is 53.3 Å². The first-order valence-electron chi connectivity index (χ1n) is 8.69. The van der Waals surface area contributed by atoms with E-state index in [2.05, 4.69) is 26.0 Å². The van der Waals surface area contributed by atoms with E-state index in [4.69, 9.17) is 0 Å². The lowest BCUT2D eigenvalue weighted by Gasteiger charge is -2.34. The minimum absolute atomic E-state index is 0.103. The quantitative estimate of drug-likeness (QED) is 0.759. The van der Waals surface area contributed by atoms with Crippen LogP contribution in [-0.2, 0) is 0 Å². The van der Waals surface area contributed by atoms with Crippen molar-refractivity contribution in [1.29, 1.82) is 0 Å². The van der Waals surface area contributed by atoms with Crippen molar-refractivity contribution in [3.05, 3.63) is 64.5 Å². The van der Waals surface area contributed by atoms with Gasteiger partial charge in [0.15, 0.2) is 0 Å². The first-order chi connectivity index (χ1) is 11.0. The summed E-state index contributed by atoms with van der Waals surface area (Å²) < 4.78 is 0. The van der Waals surface area contributed by atoms with Gasteiger partial charge in [0, 0.05) is 5.41 Å². The van der Waals surface area contributed by atoms with E-state index >= 15 is 0 Å². The van der Waals surface area contributed by atoms with Gasteiger partial charge in [0.2, 0.25) is 0 Å². The van der Waals surface area contributed by atoms with Gasteiger partial charge < -0.3 is 10.2 Å². The Hall–Kier alpha value is -1.96. The monoisotopic (exact) mass is 308 g/mol. The van der Waals surface area contributed by atoms with Gasteiger partial charge >= 0.3 is 0 Å². The molecule has 0 aromatic heterocycles. The summed E-state index contributed by atoms with van der Waals surface area (Å²) in [6, 6.07) is 5.91. The zero-order valence-electron chi connectivity index (χ0n) is 13.8. The van der Waals surface area contributed by atoms with Gasteiger partial charge in [-0.3, -0.25) is 0 Å². The van der Waals surface area contributed by atoms with Crippen LogP contribution in [0.4, 0.5) is 0 Å². The Bertz CT molecular complexity index is 753. The first kappa shape index (κ1) is 14.6. The summed E-state index contributed by atoms with van der Waals surface area (Å²) in [6.45, 7) is 4.55. The van der Waals surface area contributed by atoms with Crippen molar-refractivity contribution in [2.24, 2.45) is 5.41 Å². The number of aliphatic hydroxyl groups is 1. The Morgan fingerprint density at radius 2 is 2.00 bits per heavy atom. The minimum atomic E-state index is 0.103. The van der Waals surface area contributed by atoms with Crippen molar-refractivity contribution >= 4 is 0 Å². The van der Waals surface area contributed by atoms with Gasteiger partial charge in [-0.05, 0) is 77.7 Å². The van der Waals surface area contributed by atoms with Crippen LogP contribution in [-0.4, -0.2) is 10.2 Å². The number of benzene rings is 1. The number of allylic oxidation sites excluding steroid dienone is 5. The van der Waals surface area contributed by atoms with Crippen LogP contribution in [0.5, 0.6) is 5.75 Å². The number of phenols is 1. The van der Waals surface area contributed by atoms with Gasteiger partial charge in [0.1, 0.15) is 11.5 Å². The van der Waals surface area contributed by atoms with Crippen molar-refractivity contribution in [3.8, 4) is 5.75 Å². The second-order valence-electron chi connectivity index (χ2n) is 7.34. The molecule has 0 saturated carbocycles. The molecule has 0 heterocycles. The van der Waals surface area contributed by atoms with Gasteiger partial charge in [0.05, 0.1) is 0 Å². The lowest BCUT2D eigenvalue weighted by atomic mass is 9.68. The SMILES string of the molecule is CCCC1c2ccc(O)cc2C(C)C12C=C1CC=C(O)C=C1C2. The van der Waals surface area contributed by atoms with E-state index in [1.54, 1.807) is 0 Å². The van der Waals surface area contributed by atoms with Gasteiger partial charge in [-0.2, -0.15) is 0 Å². The molecule has 0 radical (unpaired) electrons. The molecular weight excluding hydrogens is 284 g/mol. The first-order valence-corrected chi connectivity index (χ1v) is 8.69. The Labute approximate surface area is 137 Å². The highest BCUT2D eigenvalue weighted by Gasteiger charge is 2.52. The molecule has 2 N–H and O–H groups in total. The summed E-state index contributed by atoms with van der Waals surface area (Å²) in [5.74, 6) is 1.66. The molecule has 120 valence electrons. The molecule has 3 atom stereocenters. The van der Waals surface area contributed by atoms with E-state index in [0.29, 0.717) is 23.3 Å². The zero-order chi connectivity index (χ0) is 16.2. The fraction of sp³-hybridized carbons (Fsp3) is 0.429. The summed E-state index contributed by atoms with van der Waals surface area (Å²) in [5.41, 5.74) is 5.50. The molecule has 3 unspecified atom stereocenters. The molecule has 0 saturated heterocycles. The fourth-order valence-corrected chi connectivity index (χ4v) is 5.05. The molecule has 4 rings (SSSR count). The number of aliphatic hydroxyl groups excluding tert-OH is 1. The summed E-state index contributed by atoms with van der Waals surface area (Å²) in [4.78, 5) is 0. The van der Waals surface area contributed by atoms with Crippen molar-refractivity contribution in [2.75, 3.05) is 0 Å². The average molecular weight is 308 g/mol. The second-order valence-corrected chi connectivity index (χ2v) is 7.34. The number of aromatic hydroxyl groups is 1. The molecule has 2 heteroatoms. The molecule has 3 aliphatic carbocycles. The van der Waals surface area contributed by atoms with Crippen LogP contribution < -0.4 is 0 Å². The van der Waals surface area contributed by atoms with Gasteiger partial charge in [-0.15, -0.1) is 0 Å². The van der Waals surface area contributed by atoms with Crippen LogP contribution in [0.1, 0.15) is 62.5 Å². The number of fused-ring (bicyclic) bond motifs is 2.